The molecule has 25 heavy (non-hydrogen) atoms. The second-order valence-electron chi connectivity index (χ2n) is 5.30. The molecule has 8 heteroatoms. The van der Waals surface area contributed by atoms with Crippen LogP contribution in [0.5, 0.6) is 11.5 Å². The van der Waals surface area contributed by atoms with E-state index < -0.39 is 10.0 Å². The molecule has 3 N–H and O–H groups in total. The fourth-order valence-electron chi connectivity index (χ4n) is 2.25. The first-order valence-electron chi connectivity index (χ1n) is 7.43. The van der Waals surface area contributed by atoms with Gasteiger partial charge in [-0.2, -0.15) is 0 Å². The van der Waals surface area contributed by atoms with E-state index in [-0.39, 0.29) is 10.8 Å². The lowest BCUT2D eigenvalue weighted by molar-refractivity contribution is -0.111. The van der Waals surface area contributed by atoms with Crippen LogP contribution in [-0.2, 0) is 14.8 Å². The van der Waals surface area contributed by atoms with Crippen molar-refractivity contribution in [3.63, 3.8) is 0 Å². The van der Waals surface area contributed by atoms with E-state index in [2.05, 4.69) is 5.32 Å². The van der Waals surface area contributed by atoms with Gasteiger partial charge in [0.15, 0.2) is 11.5 Å². The summed E-state index contributed by atoms with van der Waals surface area (Å²) in [5.41, 5.74) is 1.26. The first-order chi connectivity index (χ1) is 11.9. The van der Waals surface area contributed by atoms with Gasteiger partial charge in [-0.1, -0.05) is 6.07 Å². The molecule has 0 aliphatic carbocycles. The van der Waals surface area contributed by atoms with Crippen LogP contribution in [0.4, 0.5) is 5.69 Å². The molecule has 0 fully saturated rings. The Morgan fingerprint density at radius 1 is 1.04 bits per heavy atom. The van der Waals surface area contributed by atoms with E-state index in [1.54, 1.807) is 18.2 Å². The van der Waals surface area contributed by atoms with E-state index in [0.717, 1.165) is 5.56 Å². The summed E-state index contributed by atoms with van der Waals surface area (Å²) in [4.78, 5) is 11.9. The normalized spacial score (nSPS) is 13.6. The summed E-state index contributed by atoms with van der Waals surface area (Å²) < 4.78 is 33.3. The van der Waals surface area contributed by atoms with Gasteiger partial charge in [-0.05, 0) is 48.0 Å². The number of sulfonamides is 1. The number of primary sulfonamides is 1. The molecular weight excluding hydrogens is 344 g/mol. The van der Waals surface area contributed by atoms with Crippen molar-refractivity contribution in [2.75, 3.05) is 18.5 Å². The Hall–Kier alpha value is -2.84. The molecule has 0 unspecified atom stereocenters. The molecule has 0 spiro atoms. The van der Waals surface area contributed by atoms with Crippen LogP contribution in [-0.4, -0.2) is 27.5 Å². The number of benzene rings is 2. The van der Waals surface area contributed by atoms with Crippen LogP contribution in [0.25, 0.3) is 6.08 Å². The Morgan fingerprint density at radius 2 is 1.72 bits per heavy atom. The number of hydrogen-bond donors (Lipinski definition) is 2. The molecule has 1 amide bonds. The van der Waals surface area contributed by atoms with Gasteiger partial charge in [-0.15, -0.1) is 0 Å². The molecule has 2 aromatic carbocycles. The first-order valence-corrected chi connectivity index (χ1v) is 8.98. The van der Waals surface area contributed by atoms with Crippen molar-refractivity contribution in [1.29, 1.82) is 0 Å². The molecule has 1 heterocycles. The topological polar surface area (TPSA) is 108 Å². The predicted octanol–water partition coefficient (Wildman–Crippen LogP) is 1.76. The van der Waals surface area contributed by atoms with Crippen molar-refractivity contribution in [3.8, 4) is 11.5 Å². The zero-order valence-corrected chi connectivity index (χ0v) is 14.0. The van der Waals surface area contributed by atoms with Gasteiger partial charge in [-0.25, -0.2) is 13.6 Å². The van der Waals surface area contributed by atoms with Gasteiger partial charge in [0.2, 0.25) is 15.9 Å². The fraction of sp³-hybridized carbons (Fsp3) is 0.118. The molecule has 0 radical (unpaired) electrons. The molecule has 0 saturated carbocycles. The number of hydrogen-bond acceptors (Lipinski definition) is 5. The van der Waals surface area contributed by atoms with E-state index in [4.69, 9.17) is 14.6 Å². The third-order valence-corrected chi connectivity index (χ3v) is 4.37. The highest BCUT2D eigenvalue weighted by Crippen LogP contribution is 2.31. The van der Waals surface area contributed by atoms with Crippen LogP contribution in [0.1, 0.15) is 5.56 Å². The summed E-state index contributed by atoms with van der Waals surface area (Å²) in [6, 6.07) is 11.0. The van der Waals surface area contributed by atoms with Crippen molar-refractivity contribution in [1.82, 2.24) is 0 Å². The fourth-order valence-corrected chi connectivity index (χ4v) is 2.76. The lowest BCUT2D eigenvalue weighted by Crippen LogP contribution is -2.15. The van der Waals surface area contributed by atoms with E-state index in [0.29, 0.717) is 30.4 Å². The molecule has 3 rings (SSSR count). The summed E-state index contributed by atoms with van der Waals surface area (Å²) >= 11 is 0. The summed E-state index contributed by atoms with van der Waals surface area (Å²) in [5, 5.41) is 7.66. The molecular formula is C17H16N2O5S. The van der Waals surface area contributed by atoms with Crippen LogP contribution in [0.2, 0.25) is 0 Å². The van der Waals surface area contributed by atoms with Crippen LogP contribution in [0.15, 0.2) is 53.4 Å². The lowest BCUT2D eigenvalue weighted by atomic mass is 10.2. The Morgan fingerprint density at radius 3 is 2.40 bits per heavy atom. The summed E-state index contributed by atoms with van der Waals surface area (Å²) in [6.45, 7) is 1.02. The molecule has 2 aromatic rings. The van der Waals surface area contributed by atoms with Gasteiger partial charge in [0.25, 0.3) is 0 Å². The molecule has 7 nitrogen and oxygen atoms in total. The molecule has 0 atom stereocenters. The lowest BCUT2D eigenvalue weighted by Gasteiger charge is -2.18. The van der Waals surface area contributed by atoms with Crippen molar-refractivity contribution >= 4 is 27.7 Å². The monoisotopic (exact) mass is 360 g/mol. The maximum Gasteiger partial charge on any atom is 0.248 e. The molecule has 0 saturated heterocycles. The second kappa shape index (κ2) is 6.96. The Labute approximate surface area is 145 Å². The highest BCUT2D eigenvalue weighted by molar-refractivity contribution is 7.89. The highest BCUT2D eigenvalue weighted by Gasteiger charge is 2.11. The SMILES string of the molecule is NS(=O)(=O)c1ccc(NC(=O)/C=C/c2ccc3c(c2)OCCO3)cc1. The van der Waals surface area contributed by atoms with Gasteiger partial charge in [0, 0.05) is 11.8 Å². The first kappa shape index (κ1) is 17.0. The number of rotatable bonds is 4. The summed E-state index contributed by atoms with van der Waals surface area (Å²) in [5.74, 6) is 0.980. The number of ether oxygens (including phenoxy) is 2. The Bertz CT molecular complexity index is 921. The summed E-state index contributed by atoms with van der Waals surface area (Å²) in [7, 11) is -3.75. The number of nitrogens with two attached hydrogens (primary N) is 1. The molecule has 130 valence electrons. The smallest absolute Gasteiger partial charge is 0.248 e. The average molecular weight is 360 g/mol. The maximum atomic E-state index is 12.0. The minimum absolute atomic E-state index is 0.0164. The third kappa shape index (κ3) is 4.37. The van der Waals surface area contributed by atoms with Gasteiger partial charge in [-0.3, -0.25) is 4.79 Å². The average Bonchev–Trinajstić information content (AvgIpc) is 2.59. The van der Waals surface area contributed by atoms with E-state index in [9.17, 15) is 13.2 Å². The van der Waals surface area contributed by atoms with Gasteiger partial charge in [0.1, 0.15) is 13.2 Å². The Balaban J connectivity index is 1.65. The standard InChI is InChI=1S/C17H16N2O5S/c18-25(21,22)14-5-3-13(4-6-14)19-17(20)8-2-12-1-7-15-16(11-12)24-10-9-23-15/h1-8,11H,9-10H2,(H,19,20)(H2,18,21,22)/b8-2+. The van der Waals surface area contributed by atoms with E-state index >= 15 is 0 Å². The zero-order chi connectivity index (χ0) is 17.9. The minimum atomic E-state index is -3.75. The third-order valence-electron chi connectivity index (χ3n) is 3.44. The number of fused-ring (bicyclic) bond motifs is 1. The highest BCUT2D eigenvalue weighted by atomic mass is 32.2. The number of amides is 1. The number of carbonyl (C=O) groups excluding carboxylic acids is 1. The van der Waals surface area contributed by atoms with Crippen LogP contribution in [0, 0.1) is 0 Å². The second-order valence-corrected chi connectivity index (χ2v) is 6.86. The van der Waals surface area contributed by atoms with E-state index in [1.807, 2.05) is 6.07 Å². The van der Waals surface area contributed by atoms with Crippen LogP contribution in [0.3, 0.4) is 0 Å². The molecule has 0 bridgehead atoms. The molecule has 1 aliphatic heterocycles. The van der Waals surface area contributed by atoms with Crippen LogP contribution < -0.4 is 19.9 Å². The number of nitrogens with one attached hydrogen (secondary N) is 1. The van der Waals surface area contributed by atoms with Crippen molar-refractivity contribution in [2.24, 2.45) is 5.14 Å². The molecule has 0 aromatic heterocycles. The van der Waals surface area contributed by atoms with Gasteiger partial charge >= 0.3 is 0 Å². The van der Waals surface area contributed by atoms with Gasteiger partial charge < -0.3 is 14.8 Å². The van der Waals surface area contributed by atoms with E-state index in [1.165, 1.54) is 30.3 Å². The molecule has 1 aliphatic rings. The van der Waals surface area contributed by atoms with Crippen LogP contribution >= 0.6 is 0 Å². The number of anilines is 1. The predicted molar refractivity (Wildman–Crippen MR) is 92.9 cm³/mol. The largest absolute Gasteiger partial charge is 0.486 e. The quantitative estimate of drug-likeness (QED) is 0.808. The zero-order valence-electron chi connectivity index (χ0n) is 13.1. The van der Waals surface area contributed by atoms with Gasteiger partial charge in [0.05, 0.1) is 4.90 Å². The number of carbonyl (C=O) groups is 1. The van der Waals surface area contributed by atoms with Crippen molar-refractivity contribution in [2.45, 2.75) is 4.90 Å². The van der Waals surface area contributed by atoms with Crippen molar-refractivity contribution in [3.05, 3.63) is 54.1 Å². The maximum absolute atomic E-state index is 12.0. The Kier molecular flexibility index (Phi) is 4.73. The summed E-state index contributed by atoms with van der Waals surface area (Å²) in [6.07, 6.45) is 3.02. The van der Waals surface area contributed by atoms with Crippen molar-refractivity contribution < 1.29 is 22.7 Å². The minimum Gasteiger partial charge on any atom is -0.486 e.